The Hall–Kier alpha value is 11.4. The minimum absolute atomic E-state index is 0. The predicted molar refractivity (Wildman–Crippen MR) is 92.8 cm³/mol. The Kier molecular flexibility index (Phi) is 1670. The van der Waals surface area contributed by atoms with E-state index < -0.39 is 0 Å². The number of rotatable bonds is 0. The van der Waals surface area contributed by atoms with Gasteiger partial charge < -0.3 is 4.28 Å². The molecular weight excluding hydrogens is 1750 g/mol. The summed E-state index contributed by atoms with van der Waals surface area (Å²) >= 11 is 0. The van der Waals surface area contributed by atoms with Gasteiger partial charge in [-0.1, -0.05) is 0 Å². The zero-order valence-corrected chi connectivity index (χ0v) is 55.9. The minimum atomic E-state index is 0. The molecule has 0 aliphatic heterocycles. The van der Waals surface area contributed by atoms with Gasteiger partial charge in [-0.25, -0.2) is 0 Å². The van der Waals surface area contributed by atoms with Gasteiger partial charge in [0.25, 0.3) is 0 Å². The van der Waals surface area contributed by atoms with Crippen LogP contribution in [0.3, 0.4) is 0 Å². The van der Waals surface area contributed by atoms with E-state index in [0.717, 1.165) is 0 Å². The monoisotopic (exact) mass is 1780 g/mol. The van der Waals surface area contributed by atoms with Crippen molar-refractivity contribution >= 4 is 206 Å². The van der Waals surface area contributed by atoms with Crippen LogP contribution in [0.2, 0.25) is 0 Å². The Balaban J connectivity index is 0. The van der Waals surface area contributed by atoms with Gasteiger partial charge in [0, 0.05) is 152 Å². The molecule has 0 amide bonds. The van der Waals surface area contributed by atoms with Crippen LogP contribution in [0.5, 0.6) is 0 Å². The zero-order chi connectivity index (χ0) is 0. The number of hydrogen-bond acceptors (Lipinski definition) is 0. The third-order valence-corrected chi connectivity index (χ3v) is 0. The second-order valence-electron chi connectivity index (χ2n) is 0. The summed E-state index contributed by atoms with van der Waals surface area (Å²) in [5.74, 6) is 0. The van der Waals surface area contributed by atoms with Crippen molar-refractivity contribution in [1.82, 2.24) is 0 Å². The molecule has 0 bridgehead atoms. The molecule has 0 spiro atoms. The van der Waals surface area contributed by atoms with Gasteiger partial charge in [0.2, 0.25) is 0 Å². The normalized spacial score (nSPS) is 0. The van der Waals surface area contributed by atoms with E-state index in [1.807, 2.05) is 0 Å². The van der Waals surface area contributed by atoms with Crippen LogP contribution in [0.1, 0.15) is 4.28 Å². The molecule has 0 aromatic carbocycles. The Labute approximate surface area is 352 Å². The van der Waals surface area contributed by atoms with Crippen LogP contribution in [0, 0.1) is 0 Å². The summed E-state index contributed by atoms with van der Waals surface area (Å²) in [6.45, 7) is 0. The molecule has 18 heavy (non-hydrogen) atoms. The molecule has 3 unspecified atom stereocenters. The van der Waals surface area contributed by atoms with Crippen LogP contribution in [-0.4, -0.2) is 206 Å². The second kappa shape index (κ2) is 164. The van der Waals surface area contributed by atoms with Gasteiger partial charge >= 0.3 is 206 Å². The molecule has 0 aromatic heterocycles. The van der Waals surface area contributed by atoms with Crippen molar-refractivity contribution in [3.8, 4) is 0 Å². The van der Waals surface area contributed by atoms with Crippen molar-refractivity contribution in [1.29, 1.82) is 0 Å². The summed E-state index contributed by atoms with van der Waals surface area (Å²) in [5, 5.41) is 0. The summed E-state index contributed by atoms with van der Waals surface area (Å²) in [4.78, 5) is 0. The van der Waals surface area contributed by atoms with E-state index in [-0.39, 0.29) is 362 Å². The van der Waals surface area contributed by atoms with Crippen LogP contribution in [-0.2, 0) is 152 Å². The van der Waals surface area contributed by atoms with E-state index in [1.54, 1.807) is 0 Å². The van der Waals surface area contributed by atoms with Crippen LogP contribution in [0.25, 0.3) is 0 Å². The molecule has 0 saturated heterocycles. The SMILES string of the molecule is [3H-].[3H-].[3H-].[AsH3].[AsH3].[AsH3].[BiH3].[BiH3].[BiH3].[Cu].[Cu].[Cu].[Fe].[Fe].[Fe].[Ni].[Ni].[Ni].[SbH3].[SbH3].[SbH3]. The van der Waals surface area contributed by atoms with Crippen molar-refractivity contribution < 1.29 is 156 Å². The fourth-order valence-corrected chi connectivity index (χ4v) is 0. The molecule has 0 saturated carbocycles. The van der Waals surface area contributed by atoms with Gasteiger partial charge in [0.1, 0.15) is 0 Å². The van der Waals surface area contributed by atoms with Crippen LogP contribution in [0.15, 0.2) is 0 Å². The quantitative estimate of drug-likeness (QED) is 0.212. The average molecular weight is 1790 g/mol. The average Bonchev–Trinajstić information content (AvgIpc) is 0. The number of hydrogen-bond donors (Lipinski definition) is 0. The van der Waals surface area contributed by atoms with Crippen molar-refractivity contribution in [2.45, 2.75) is 0 Å². The Bertz CT molecular complexity index is 59.0. The predicted octanol–water partition coefficient (Wildman–Crippen LogP) is -10.3. The maximum absolute atomic E-state index is 0. The Morgan fingerprint density at radius 2 is 0.389 bits per heavy atom. The molecule has 0 heterocycles. The molecule has 0 fully saturated rings. The first-order valence-corrected chi connectivity index (χ1v) is 0. The molecule has 0 N–H and O–H groups in total. The third-order valence-electron chi connectivity index (χ3n) is 0. The molecule has 0 aliphatic rings. The van der Waals surface area contributed by atoms with Crippen molar-refractivity contribution in [2.75, 3.05) is 0 Å². The van der Waals surface area contributed by atoms with E-state index in [4.69, 9.17) is 0 Å². The van der Waals surface area contributed by atoms with E-state index >= 15 is 0 Å². The van der Waals surface area contributed by atoms with Crippen LogP contribution < -0.4 is 0 Å². The second-order valence-corrected chi connectivity index (χ2v) is 0. The molecule has 0 nitrogen and oxygen atoms in total. The summed E-state index contributed by atoms with van der Waals surface area (Å²) in [7, 11) is 0. The first kappa shape index (κ1) is 183. The summed E-state index contributed by atoms with van der Waals surface area (Å²) in [6, 6.07) is 0. The summed E-state index contributed by atoms with van der Waals surface area (Å²) in [6.07, 6.45) is 0. The Morgan fingerprint density at radius 3 is 0.389 bits per heavy atom. The van der Waals surface area contributed by atoms with E-state index in [0.29, 0.717) is 0 Å². The first-order valence-electron chi connectivity index (χ1n) is 0. The van der Waals surface area contributed by atoms with Crippen LogP contribution in [0.4, 0.5) is 0 Å². The fourth-order valence-electron chi connectivity index (χ4n) is 0. The van der Waals surface area contributed by atoms with Crippen LogP contribution >= 0.6 is 0 Å². The Morgan fingerprint density at radius 1 is 0.389 bits per heavy atom. The standard InChI is InChI=1S/3AsH3.3Bi.3Cu.3Fe.3Ni.3Sb.21H/h3*1H3;;;;;;;;;;;;;;;;;;;;;;;;;;;;;;;;;;;;/q;;;;;;;;;;;;;;;;;;3*-1;;;;;;;;;;;;;;;;;;/i;;;;;;;;;;;;;;;;;;3*1+2;;;;;;;;;;;;;;;;;;. The molecule has 3 atom stereocenters. The third kappa shape index (κ3) is 147. The first-order chi connectivity index (χ1) is 0. The van der Waals surface area contributed by atoms with Crippen molar-refractivity contribution in [3.05, 3.63) is 0 Å². The molecule has 3 radical (unpaired) electrons. The van der Waals surface area contributed by atoms with Crippen molar-refractivity contribution in [3.63, 3.8) is 0 Å². The van der Waals surface area contributed by atoms with Gasteiger partial charge in [-0.2, -0.15) is 0 Å². The zero-order valence-electron chi connectivity index (χ0n) is 12.3. The van der Waals surface area contributed by atoms with Gasteiger partial charge in [-0.3, -0.25) is 0 Å². The summed E-state index contributed by atoms with van der Waals surface area (Å²) < 4.78 is 0. The topological polar surface area (TPSA) is 0 Å². The van der Waals surface area contributed by atoms with Gasteiger partial charge in [-0.15, -0.1) is 0 Å². The molecule has 0 rings (SSSR count). The van der Waals surface area contributed by atoms with E-state index in [1.165, 1.54) is 0 Å². The van der Waals surface area contributed by atoms with Crippen molar-refractivity contribution in [2.24, 2.45) is 0 Å². The fraction of sp³-hybridized carbons (Fsp3) is 0. The van der Waals surface area contributed by atoms with E-state index in [2.05, 4.69) is 0 Å². The van der Waals surface area contributed by atoms with E-state index in [9.17, 15) is 0 Å². The molecule has 0 aliphatic carbocycles. The van der Waals surface area contributed by atoms with Gasteiger partial charge in [0.15, 0.2) is 0 Å². The molecule has 18 heteroatoms. The molecule has 0 aromatic rings. The van der Waals surface area contributed by atoms with Gasteiger partial charge in [-0.05, 0) is 0 Å². The van der Waals surface area contributed by atoms with Gasteiger partial charge in [0.05, 0.1) is 0 Å². The maximum atomic E-state index is 0. The molecular formula is H30As3Bi3Cu3Fe3Ni3Sb3-3. The molecule has 165 valence electrons. The summed E-state index contributed by atoms with van der Waals surface area (Å²) in [5.41, 5.74) is 0.